The number of hydrogen-bond acceptors (Lipinski definition) is 3. The Bertz CT molecular complexity index is 504. The Balaban J connectivity index is 2.20. The van der Waals surface area contributed by atoms with E-state index in [4.69, 9.17) is 17.3 Å². The van der Waals surface area contributed by atoms with Crippen molar-refractivity contribution in [2.24, 2.45) is 11.7 Å². The first-order valence-electron chi connectivity index (χ1n) is 7.54. The second-order valence-electron chi connectivity index (χ2n) is 6.05. The number of rotatable bonds is 6. The number of primary amides is 1. The Morgan fingerprint density at radius 2 is 2.29 bits per heavy atom. The Hall–Kier alpha value is -1.26. The lowest BCUT2D eigenvalue weighted by Gasteiger charge is -2.27. The second-order valence-corrected chi connectivity index (χ2v) is 6.49. The van der Waals surface area contributed by atoms with Crippen molar-refractivity contribution in [3.63, 3.8) is 0 Å². The molecule has 0 spiro atoms. The summed E-state index contributed by atoms with van der Waals surface area (Å²) in [5.41, 5.74) is 7.71. The molecule has 3 N–H and O–H groups in total. The highest BCUT2D eigenvalue weighted by Crippen LogP contribution is 2.31. The molecule has 1 atom stereocenters. The van der Waals surface area contributed by atoms with Gasteiger partial charge in [0, 0.05) is 23.8 Å². The van der Waals surface area contributed by atoms with Crippen molar-refractivity contribution in [2.75, 3.05) is 18.0 Å². The lowest BCUT2D eigenvalue weighted by Crippen LogP contribution is -2.41. The maximum absolute atomic E-state index is 11.6. The molecule has 0 radical (unpaired) electrons. The summed E-state index contributed by atoms with van der Waals surface area (Å²) in [4.78, 5) is 13.7. The summed E-state index contributed by atoms with van der Waals surface area (Å²) in [6, 6.07) is 5.65. The summed E-state index contributed by atoms with van der Waals surface area (Å²) in [6.07, 6.45) is 1.81. The van der Waals surface area contributed by atoms with Crippen LogP contribution in [0.2, 0.25) is 5.02 Å². The van der Waals surface area contributed by atoms with Gasteiger partial charge in [-0.3, -0.25) is 4.79 Å². The largest absolute Gasteiger partial charge is 0.368 e. The van der Waals surface area contributed by atoms with Gasteiger partial charge in [-0.2, -0.15) is 0 Å². The van der Waals surface area contributed by atoms with Crippen LogP contribution in [0.25, 0.3) is 0 Å². The molecule has 1 unspecified atom stereocenters. The van der Waals surface area contributed by atoms with Gasteiger partial charge >= 0.3 is 0 Å². The number of hydrogen-bond donors (Lipinski definition) is 2. The first-order chi connectivity index (χ1) is 9.99. The van der Waals surface area contributed by atoms with Crippen molar-refractivity contribution in [3.8, 4) is 0 Å². The molecule has 0 aromatic heterocycles. The summed E-state index contributed by atoms with van der Waals surface area (Å²) < 4.78 is 0. The number of anilines is 1. The molecule has 1 saturated heterocycles. The third-order valence-corrected chi connectivity index (χ3v) is 4.04. The van der Waals surface area contributed by atoms with Crippen LogP contribution < -0.4 is 16.0 Å². The molecule has 21 heavy (non-hydrogen) atoms. The molecule has 1 heterocycles. The second kappa shape index (κ2) is 7.14. The molecular formula is C16H24ClN3O. The topological polar surface area (TPSA) is 58.4 Å². The van der Waals surface area contributed by atoms with Crippen LogP contribution in [-0.4, -0.2) is 25.0 Å². The van der Waals surface area contributed by atoms with E-state index in [0.29, 0.717) is 10.9 Å². The Morgan fingerprint density at radius 1 is 1.52 bits per heavy atom. The van der Waals surface area contributed by atoms with E-state index in [9.17, 15) is 4.79 Å². The zero-order chi connectivity index (χ0) is 15.4. The molecule has 4 nitrogen and oxygen atoms in total. The van der Waals surface area contributed by atoms with Gasteiger partial charge in [-0.05, 0) is 43.0 Å². The van der Waals surface area contributed by atoms with Gasteiger partial charge in [0.2, 0.25) is 5.91 Å². The molecule has 2 rings (SSSR count). The van der Waals surface area contributed by atoms with Crippen LogP contribution >= 0.6 is 11.6 Å². The number of benzene rings is 1. The number of amides is 1. The van der Waals surface area contributed by atoms with E-state index in [1.807, 2.05) is 18.2 Å². The summed E-state index contributed by atoms with van der Waals surface area (Å²) in [5.74, 6) is 0.347. The number of halogens is 1. The van der Waals surface area contributed by atoms with Crippen LogP contribution in [0.1, 0.15) is 32.3 Å². The third kappa shape index (κ3) is 4.11. The maximum atomic E-state index is 11.6. The van der Waals surface area contributed by atoms with Crippen molar-refractivity contribution in [1.29, 1.82) is 0 Å². The van der Waals surface area contributed by atoms with Gasteiger partial charge in [-0.25, -0.2) is 0 Å². The molecule has 1 fully saturated rings. The van der Waals surface area contributed by atoms with E-state index in [1.165, 1.54) is 0 Å². The predicted octanol–water partition coefficient (Wildman–Crippen LogP) is 2.54. The van der Waals surface area contributed by atoms with E-state index in [2.05, 4.69) is 24.1 Å². The van der Waals surface area contributed by atoms with Crippen molar-refractivity contribution in [1.82, 2.24) is 5.32 Å². The van der Waals surface area contributed by atoms with Gasteiger partial charge in [0.05, 0.1) is 0 Å². The molecule has 0 saturated carbocycles. The Morgan fingerprint density at radius 3 is 2.95 bits per heavy atom. The first kappa shape index (κ1) is 16.1. The zero-order valence-corrected chi connectivity index (χ0v) is 13.5. The summed E-state index contributed by atoms with van der Waals surface area (Å²) in [5, 5.41) is 4.13. The fourth-order valence-electron chi connectivity index (χ4n) is 2.80. The van der Waals surface area contributed by atoms with Crippen molar-refractivity contribution in [3.05, 3.63) is 28.8 Å². The standard InChI is InChI=1S/C16H24ClN3O/c1-11(2)9-19-10-12-5-6-13(17)8-15(12)20-7-3-4-14(20)16(18)21/h5-6,8,11,14,19H,3-4,7,9-10H2,1-2H3,(H2,18,21). The Kier molecular flexibility index (Phi) is 5.48. The van der Waals surface area contributed by atoms with Gasteiger partial charge in [-0.1, -0.05) is 31.5 Å². The van der Waals surface area contributed by atoms with Gasteiger partial charge in [-0.15, -0.1) is 0 Å². The van der Waals surface area contributed by atoms with Crippen LogP contribution in [-0.2, 0) is 11.3 Å². The lowest BCUT2D eigenvalue weighted by atomic mass is 10.1. The van der Waals surface area contributed by atoms with E-state index in [0.717, 1.165) is 43.7 Å². The summed E-state index contributed by atoms with van der Waals surface area (Å²) >= 11 is 6.14. The van der Waals surface area contributed by atoms with E-state index < -0.39 is 0 Å². The molecule has 0 aliphatic carbocycles. The minimum Gasteiger partial charge on any atom is -0.368 e. The summed E-state index contributed by atoms with van der Waals surface area (Å²) in [7, 11) is 0. The maximum Gasteiger partial charge on any atom is 0.240 e. The van der Waals surface area contributed by atoms with Crippen LogP contribution in [0.5, 0.6) is 0 Å². The predicted molar refractivity (Wildman–Crippen MR) is 87.6 cm³/mol. The molecule has 1 amide bonds. The van der Waals surface area contributed by atoms with Crippen molar-refractivity contribution in [2.45, 2.75) is 39.3 Å². The zero-order valence-electron chi connectivity index (χ0n) is 12.7. The van der Waals surface area contributed by atoms with Gasteiger partial charge in [0.1, 0.15) is 6.04 Å². The molecule has 0 bridgehead atoms. The van der Waals surface area contributed by atoms with Crippen LogP contribution in [0, 0.1) is 5.92 Å². The van der Waals surface area contributed by atoms with E-state index >= 15 is 0 Å². The number of nitrogens with two attached hydrogens (primary N) is 1. The SMILES string of the molecule is CC(C)CNCc1ccc(Cl)cc1N1CCCC1C(N)=O. The highest BCUT2D eigenvalue weighted by atomic mass is 35.5. The number of carbonyl (C=O) groups excluding carboxylic acids is 1. The number of nitrogens with one attached hydrogen (secondary N) is 1. The molecule has 1 aliphatic rings. The van der Waals surface area contributed by atoms with Crippen molar-refractivity contribution < 1.29 is 4.79 Å². The monoisotopic (exact) mass is 309 g/mol. The third-order valence-electron chi connectivity index (χ3n) is 3.81. The fourth-order valence-corrected chi connectivity index (χ4v) is 2.97. The highest BCUT2D eigenvalue weighted by Gasteiger charge is 2.30. The number of nitrogens with zero attached hydrogens (tertiary/aromatic N) is 1. The minimum absolute atomic E-state index is 0.215. The van der Waals surface area contributed by atoms with E-state index in [-0.39, 0.29) is 11.9 Å². The molecule has 1 aromatic rings. The fraction of sp³-hybridized carbons (Fsp3) is 0.562. The van der Waals surface area contributed by atoms with Gasteiger partial charge in [0.15, 0.2) is 0 Å². The lowest BCUT2D eigenvalue weighted by molar-refractivity contribution is -0.119. The molecular weight excluding hydrogens is 286 g/mol. The minimum atomic E-state index is -0.256. The van der Waals surface area contributed by atoms with Crippen LogP contribution in [0.4, 0.5) is 5.69 Å². The number of carbonyl (C=O) groups is 1. The quantitative estimate of drug-likeness (QED) is 0.849. The molecule has 5 heteroatoms. The molecule has 1 aromatic carbocycles. The van der Waals surface area contributed by atoms with Crippen LogP contribution in [0.15, 0.2) is 18.2 Å². The van der Waals surface area contributed by atoms with Crippen molar-refractivity contribution >= 4 is 23.2 Å². The summed E-state index contributed by atoms with van der Waals surface area (Å²) in [6.45, 7) is 6.94. The van der Waals surface area contributed by atoms with Gasteiger partial charge in [0.25, 0.3) is 0 Å². The average molecular weight is 310 g/mol. The normalized spacial score (nSPS) is 18.5. The highest BCUT2D eigenvalue weighted by molar-refractivity contribution is 6.30. The smallest absolute Gasteiger partial charge is 0.240 e. The van der Waals surface area contributed by atoms with Gasteiger partial charge < -0.3 is 16.0 Å². The van der Waals surface area contributed by atoms with E-state index in [1.54, 1.807) is 0 Å². The first-order valence-corrected chi connectivity index (χ1v) is 7.92. The average Bonchev–Trinajstić information content (AvgIpc) is 2.89. The van der Waals surface area contributed by atoms with Crippen LogP contribution in [0.3, 0.4) is 0 Å². The Labute approximate surface area is 131 Å². The molecule has 1 aliphatic heterocycles. The molecule has 116 valence electrons.